The Morgan fingerprint density at radius 2 is 2.42 bits per heavy atom. The molecule has 1 aliphatic heterocycles. The van der Waals surface area contributed by atoms with E-state index in [0.29, 0.717) is 5.89 Å². The van der Waals surface area contributed by atoms with Crippen LogP contribution in [0.2, 0.25) is 0 Å². The Kier molecular flexibility index (Phi) is 1.76. The lowest BCUT2D eigenvalue weighted by atomic mass is 10.2. The summed E-state index contributed by atoms with van der Waals surface area (Å²) in [5.41, 5.74) is 0. The molecule has 0 atom stereocenters. The molecule has 0 aliphatic carbocycles. The van der Waals surface area contributed by atoms with E-state index in [9.17, 15) is 4.79 Å². The maximum Gasteiger partial charge on any atom is 0.377 e. The number of thioether (sulfide) groups is 1. The van der Waals surface area contributed by atoms with Gasteiger partial charge in [-0.1, -0.05) is 0 Å². The van der Waals surface area contributed by atoms with Gasteiger partial charge in [-0.2, -0.15) is 16.7 Å². The molecule has 2 heterocycles. The Bertz CT molecular complexity index is 307. The van der Waals surface area contributed by atoms with E-state index in [0.717, 1.165) is 11.5 Å². The molecule has 0 aromatic carbocycles. The molecule has 0 saturated carbocycles. The topological polar surface area (TPSA) is 76.2 Å². The highest BCUT2D eigenvalue weighted by molar-refractivity contribution is 8.00. The van der Waals surface area contributed by atoms with Gasteiger partial charge >= 0.3 is 5.97 Å². The summed E-state index contributed by atoms with van der Waals surface area (Å²) in [6, 6.07) is 0. The van der Waals surface area contributed by atoms with Crippen molar-refractivity contribution in [1.29, 1.82) is 0 Å². The smallest absolute Gasteiger partial charge is 0.377 e. The van der Waals surface area contributed by atoms with E-state index in [1.807, 2.05) is 0 Å². The van der Waals surface area contributed by atoms with E-state index in [1.54, 1.807) is 11.8 Å². The zero-order valence-electron chi connectivity index (χ0n) is 6.06. The van der Waals surface area contributed by atoms with Gasteiger partial charge in [0.05, 0.1) is 5.92 Å². The summed E-state index contributed by atoms with van der Waals surface area (Å²) in [5, 5.41) is 11.8. The van der Waals surface area contributed by atoms with Crippen LogP contribution in [0, 0.1) is 0 Å². The van der Waals surface area contributed by atoms with Crippen LogP contribution >= 0.6 is 11.8 Å². The van der Waals surface area contributed by atoms with Crippen molar-refractivity contribution < 1.29 is 14.4 Å². The van der Waals surface area contributed by atoms with Gasteiger partial charge < -0.3 is 9.63 Å². The Hall–Kier alpha value is -1.04. The summed E-state index contributed by atoms with van der Waals surface area (Å²) < 4.78 is 4.77. The Balaban J connectivity index is 2.17. The minimum Gasteiger partial charge on any atom is -0.475 e. The lowest BCUT2D eigenvalue weighted by Crippen LogP contribution is -2.15. The second-order valence-electron chi connectivity index (χ2n) is 2.50. The van der Waals surface area contributed by atoms with Gasteiger partial charge in [-0.05, 0) is 5.16 Å². The molecule has 1 N–H and O–H groups in total. The van der Waals surface area contributed by atoms with Crippen molar-refractivity contribution in [2.75, 3.05) is 11.5 Å². The maximum atomic E-state index is 10.4. The molecular weight excluding hydrogens is 180 g/mol. The molecular formula is C6H6N2O3S. The Morgan fingerprint density at radius 1 is 1.67 bits per heavy atom. The molecule has 12 heavy (non-hydrogen) atoms. The molecule has 1 saturated heterocycles. The van der Waals surface area contributed by atoms with Crippen molar-refractivity contribution in [3.63, 3.8) is 0 Å². The van der Waals surface area contributed by atoms with Gasteiger partial charge in [-0.15, -0.1) is 0 Å². The number of nitrogens with zero attached hydrogens (tertiary/aromatic N) is 2. The van der Waals surface area contributed by atoms with Gasteiger partial charge in [-0.3, -0.25) is 0 Å². The zero-order chi connectivity index (χ0) is 8.55. The molecule has 1 aliphatic rings. The second-order valence-corrected chi connectivity index (χ2v) is 3.57. The fourth-order valence-electron chi connectivity index (χ4n) is 0.866. The summed E-state index contributed by atoms with van der Waals surface area (Å²) in [5.74, 6) is 1.21. The monoisotopic (exact) mass is 186 g/mol. The number of carboxylic acid groups (broad SMARTS) is 1. The van der Waals surface area contributed by atoms with E-state index in [4.69, 9.17) is 9.63 Å². The third-order valence-corrected chi connectivity index (χ3v) is 2.90. The fraction of sp³-hybridized carbons (Fsp3) is 0.500. The first-order chi connectivity index (χ1) is 5.77. The van der Waals surface area contributed by atoms with Crippen molar-refractivity contribution in [3.05, 3.63) is 11.7 Å². The zero-order valence-corrected chi connectivity index (χ0v) is 6.87. The molecule has 1 fully saturated rings. The highest BCUT2D eigenvalue weighted by Crippen LogP contribution is 2.32. The molecule has 0 amide bonds. The summed E-state index contributed by atoms with van der Waals surface area (Å²) in [6.45, 7) is 0. The number of rotatable bonds is 2. The molecule has 0 radical (unpaired) electrons. The average molecular weight is 186 g/mol. The predicted molar refractivity (Wildman–Crippen MR) is 41.3 cm³/mol. The van der Waals surface area contributed by atoms with Crippen molar-refractivity contribution >= 4 is 17.7 Å². The molecule has 1 aromatic rings. The third-order valence-electron chi connectivity index (χ3n) is 1.62. The van der Waals surface area contributed by atoms with Crippen LogP contribution in [-0.2, 0) is 0 Å². The Labute approximate surface area is 72.1 Å². The number of aromatic nitrogens is 2. The SMILES string of the molecule is O=C(O)c1noc(C2CSC2)n1. The largest absolute Gasteiger partial charge is 0.475 e. The van der Waals surface area contributed by atoms with E-state index in [-0.39, 0.29) is 11.7 Å². The van der Waals surface area contributed by atoms with Gasteiger partial charge in [0.15, 0.2) is 0 Å². The summed E-state index contributed by atoms with van der Waals surface area (Å²) >= 11 is 1.78. The summed E-state index contributed by atoms with van der Waals surface area (Å²) in [4.78, 5) is 14.1. The van der Waals surface area contributed by atoms with Gasteiger partial charge in [0.2, 0.25) is 5.89 Å². The van der Waals surface area contributed by atoms with Crippen molar-refractivity contribution in [2.24, 2.45) is 0 Å². The van der Waals surface area contributed by atoms with E-state index >= 15 is 0 Å². The molecule has 0 unspecified atom stereocenters. The molecule has 6 heteroatoms. The fourth-order valence-corrected chi connectivity index (χ4v) is 1.62. The first kappa shape index (κ1) is 7.60. The van der Waals surface area contributed by atoms with Crippen molar-refractivity contribution in [3.8, 4) is 0 Å². The summed E-state index contributed by atoms with van der Waals surface area (Å²) in [6.07, 6.45) is 0. The van der Waals surface area contributed by atoms with Crippen molar-refractivity contribution in [1.82, 2.24) is 10.1 Å². The average Bonchev–Trinajstić information content (AvgIpc) is 2.32. The summed E-state index contributed by atoms with van der Waals surface area (Å²) in [7, 11) is 0. The first-order valence-electron chi connectivity index (χ1n) is 3.42. The quantitative estimate of drug-likeness (QED) is 0.728. The molecule has 5 nitrogen and oxygen atoms in total. The normalized spacial score (nSPS) is 17.3. The first-order valence-corrected chi connectivity index (χ1v) is 4.57. The predicted octanol–water partition coefficient (Wildman–Crippen LogP) is 0.598. The van der Waals surface area contributed by atoms with Crippen LogP contribution in [0.3, 0.4) is 0 Å². The minimum absolute atomic E-state index is 0.248. The van der Waals surface area contributed by atoms with E-state index in [1.165, 1.54) is 0 Å². The van der Waals surface area contributed by atoms with Crippen LogP contribution < -0.4 is 0 Å². The Morgan fingerprint density at radius 3 is 2.83 bits per heavy atom. The molecule has 0 spiro atoms. The van der Waals surface area contributed by atoms with E-state index in [2.05, 4.69) is 10.1 Å². The number of carboxylic acids is 1. The van der Waals surface area contributed by atoms with Crippen LogP contribution in [0.25, 0.3) is 0 Å². The molecule has 64 valence electrons. The van der Waals surface area contributed by atoms with Gasteiger partial charge in [-0.25, -0.2) is 4.79 Å². The number of hydrogen-bond acceptors (Lipinski definition) is 5. The highest BCUT2D eigenvalue weighted by atomic mass is 32.2. The minimum atomic E-state index is -1.14. The van der Waals surface area contributed by atoms with Gasteiger partial charge in [0, 0.05) is 11.5 Å². The molecule has 2 rings (SSSR count). The van der Waals surface area contributed by atoms with Crippen LogP contribution in [0.4, 0.5) is 0 Å². The maximum absolute atomic E-state index is 10.4. The van der Waals surface area contributed by atoms with Gasteiger partial charge in [0.25, 0.3) is 5.82 Å². The molecule has 1 aromatic heterocycles. The molecule has 0 bridgehead atoms. The number of carbonyl (C=O) groups is 1. The van der Waals surface area contributed by atoms with E-state index < -0.39 is 5.97 Å². The number of hydrogen-bond donors (Lipinski definition) is 1. The van der Waals surface area contributed by atoms with Crippen LogP contribution in [0.15, 0.2) is 4.52 Å². The third kappa shape index (κ3) is 1.18. The second kappa shape index (κ2) is 2.78. The lowest BCUT2D eigenvalue weighted by Gasteiger charge is -2.19. The number of aromatic carboxylic acids is 1. The highest BCUT2D eigenvalue weighted by Gasteiger charge is 2.27. The van der Waals surface area contributed by atoms with Crippen molar-refractivity contribution in [2.45, 2.75) is 5.92 Å². The standard InChI is InChI=1S/C6H6N2O3S/c9-6(10)4-7-5(11-8-4)3-1-12-2-3/h3H,1-2H2,(H,9,10). The van der Waals surface area contributed by atoms with Crippen LogP contribution in [0.5, 0.6) is 0 Å². The van der Waals surface area contributed by atoms with Gasteiger partial charge in [0.1, 0.15) is 0 Å². The van der Waals surface area contributed by atoms with Crippen LogP contribution in [-0.4, -0.2) is 32.7 Å². The lowest BCUT2D eigenvalue weighted by molar-refractivity contribution is 0.0680. The van der Waals surface area contributed by atoms with Crippen LogP contribution in [0.1, 0.15) is 22.4 Å².